The molecular formula is C16H15NO4S. The minimum absolute atomic E-state index is 0.142. The van der Waals surface area contributed by atoms with Crippen LogP contribution in [-0.4, -0.2) is 25.0 Å². The van der Waals surface area contributed by atoms with Crippen LogP contribution in [0.2, 0.25) is 0 Å². The van der Waals surface area contributed by atoms with E-state index in [1.807, 2.05) is 36.4 Å². The second-order valence-corrected chi connectivity index (χ2v) is 6.27. The van der Waals surface area contributed by atoms with Crippen molar-refractivity contribution in [3.63, 3.8) is 0 Å². The number of benzene rings is 1. The molecule has 22 heavy (non-hydrogen) atoms. The van der Waals surface area contributed by atoms with Crippen LogP contribution in [0.1, 0.15) is 21.5 Å². The number of hydrogen-bond acceptors (Lipinski definition) is 4. The van der Waals surface area contributed by atoms with Crippen molar-refractivity contribution >= 4 is 28.6 Å². The summed E-state index contributed by atoms with van der Waals surface area (Å²) in [6.45, 7) is 0.142. The molecule has 0 saturated heterocycles. The van der Waals surface area contributed by atoms with Gasteiger partial charge in [-0.15, -0.1) is 0 Å². The smallest absolute Gasteiger partial charge is 0.169 e. The van der Waals surface area contributed by atoms with Crippen LogP contribution in [0, 0.1) is 0 Å². The van der Waals surface area contributed by atoms with E-state index in [2.05, 4.69) is 0 Å². The first kappa shape index (κ1) is 16.1. The molecule has 6 heteroatoms. The monoisotopic (exact) mass is 317 g/mol. The van der Waals surface area contributed by atoms with Gasteiger partial charge in [0.25, 0.3) is 0 Å². The van der Waals surface area contributed by atoms with E-state index in [-0.39, 0.29) is 6.54 Å². The van der Waals surface area contributed by atoms with Gasteiger partial charge in [-0.1, -0.05) is 36.4 Å². The van der Waals surface area contributed by atoms with Gasteiger partial charge in [0.2, 0.25) is 0 Å². The van der Waals surface area contributed by atoms with Gasteiger partial charge in [-0.2, -0.15) is 0 Å². The maximum atomic E-state index is 10.6. The van der Waals surface area contributed by atoms with Crippen LogP contribution in [0.3, 0.4) is 0 Å². The number of nitrogens with zero attached hydrogens (tertiary/aromatic N) is 1. The molecular weight excluding hydrogens is 302 g/mol. The molecule has 0 atom stereocenters. The Morgan fingerprint density at radius 2 is 1.41 bits per heavy atom. The van der Waals surface area contributed by atoms with Crippen LogP contribution < -0.4 is 4.57 Å². The fraction of sp³-hybridized carbons (Fsp3) is 0.125. The van der Waals surface area contributed by atoms with Crippen LogP contribution in [0.4, 0.5) is 0 Å². The number of aromatic nitrogens is 1. The van der Waals surface area contributed by atoms with Gasteiger partial charge >= 0.3 is 0 Å². The lowest BCUT2D eigenvalue weighted by molar-refractivity contribution is -0.692. The minimum atomic E-state index is -4.19. The number of hydrogen-bond donors (Lipinski definition) is 0. The van der Waals surface area contributed by atoms with E-state index in [1.165, 1.54) is 0 Å². The second-order valence-electron chi connectivity index (χ2n) is 4.75. The van der Waals surface area contributed by atoms with Crippen molar-refractivity contribution in [2.75, 3.05) is 5.75 Å². The number of carbonyl (C=O) groups is 1. The van der Waals surface area contributed by atoms with Crippen LogP contribution in [0.25, 0.3) is 12.2 Å². The van der Waals surface area contributed by atoms with Crippen molar-refractivity contribution in [2.45, 2.75) is 6.54 Å². The summed E-state index contributed by atoms with van der Waals surface area (Å²) < 4.78 is 33.4. The molecule has 0 N–H and O–H groups in total. The predicted octanol–water partition coefficient (Wildman–Crippen LogP) is 1.50. The van der Waals surface area contributed by atoms with Gasteiger partial charge in [0, 0.05) is 17.7 Å². The molecule has 0 aliphatic heterocycles. The quantitative estimate of drug-likeness (QED) is 0.459. The lowest BCUT2D eigenvalue weighted by Crippen LogP contribution is -2.36. The zero-order valence-electron chi connectivity index (χ0n) is 11.8. The molecule has 0 radical (unpaired) electrons. The SMILES string of the molecule is O=Cc1ccc(C=Cc2cc[n+](CCS(=O)(=O)[O-])cc2)cc1. The summed E-state index contributed by atoms with van der Waals surface area (Å²) in [5.74, 6) is -0.421. The fourth-order valence-corrected chi connectivity index (χ4v) is 2.26. The summed E-state index contributed by atoms with van der Waals surface area (Å²) >= 11 is 0. The summed E-state index contributed by atoms with van der Waals surface area (Å²) in [5.41, 5.74) is 2.55. The third kappa shape index (κ3) is 5.23. The van der Waals surface area contributed by atoms with E-state index in [1.54, 1.807) is 29.1 Å². The fourth-order valence-electron chi connectivity index (χ4n) is 1.82. The van der Waals surface area contributed by atoms with E-state index in [0.29, 0.717) is 5.56 Å². The second kappa shape index (κ2) is 7.11. The minimum Gasteiger partial charge on any atom is -0.748 e. The zero-order valence-corrected chi connectivity index (χ0v) is 12.6. The molecule has 2 rings (SSSR count). The number of aldehydes is 1. The first-order valence-corrected chi connectivity index (χ1v) is 8.20. The molecule has 114 valence electrons. The normalized spacial score (nSPS) is 11.7. The van der Waals surface area contributed by atoms with E-state index in [4.69, 9.17) is 0 Å². The summed E-state index contributed by atoms with van der Waals surface area (Å²) in [6.07, 6.45) is 8.06. The Balaban J connectivity index is 2.00. The van der Waals surface area contributed by atoms with Gasteiger partial charge in [0.05, 0.1) is 5.75 Å². The van der Waals surface area contributed by atoms with Gasteiger partial charge in [-0.25, -0.2) is 13.0 Å². The van der Waals surface area contributed by atoms with E-state index < -0.39 is 15.9 Å². The zero-order chi connectivity index (χ0) is 16.0. The van der Waals surface area contributed by atoms with Crippen molar-refractivity contribution in [3.8, 4) is 0 Å². The van der Waals surface area contributed by atoms with Crippen LogP contribution in [0.5, 0.6) is 0 Å². The Hall–Kier alpha value is -2.31. The van der Waals surface area contributed by atoms with Crippen molar-refractivity contribution in [2.24, 2.45) is 0 Å². The molecule has 0 spiro atoms. The van der Waals surface area contributed by atoms with Crippen molar-refractivity contribution < 1.29 is 22.3 Å². The third-order valence-electron chi connectivity index (χ3n) is 3.06. The first-order valence-electron chi connectivity index (χ1n) is 6.62. The number of aryl methyl sites for hydroxylation is 1. The van der Waals surface area contributed by atoms with E-state index in [0.717, 1.165) is 17.4 Å². The van der Waals surface area contributed by atoms with E-state index in [9.17, 15) is 17.8 Å². The van der Waals surface area contributed by atoms with Crippen molar-refractivity contribution in [1.29, 1.82) is 0 Å². The van der Waals surface area contributed by atoms with E-state index >= 15 is 0 Å². The summed E-state index contributed by atoms with van der Waals surface area (Å²) in [7, 11) is -4.19. The number of pyridine rings is 1. The Morgan fingerprint density at radius 1 is 0.909 bits per heavy atom. The predicted molar refractivity (Wildman–Crippen MR) is 82.0 cm³/mol. The highest BCUT2D eigenvalue weighted by Crippen LogP contribution is 2.08. The maximum Gasteiger partial charge on any atom is 0.169 e. The summed E-state index contributed by atoms with van der Waals surface area (Å²) in [6, 6.07) is 10.8. The van der Waals surface area contributed by atoms with Crippen LogP contribution in [0.15, 0.2) is 48.8 Å². The van der Waals surface area contributed by atoms with Gasteiger partial charge in [-0.05, 0) is 11.1 Å². The standard InChI is InChI=1S/C16H15NO4S/c18-13-16-5-3-14(4-6-16)1-2-15-7-9-17(10-8-15)11-12-22(19,20)21/h1-10,13H,11-12H2. The lowest BCUT2D eigenvalue weighted by Gasteiger charge is -2.03. The highest BCUT2D eigenvalue weighted by atomic mass is 32.2. The van der Waals surface area contributed by atoms with Crippen LogP contribution in [-0.2, 0) is 16.7 Å². The molecule has 0 bridgehead atoms. The summed E-state index contributed by atoms with van der Waals surface area (Å²) in [4.78, 5) is 10.6. The molecule has 0 fully saturated rings. The van der Waals surface area contributed by atoms with Gasteiger partial charge in [-0.3, -0.25) is 4.79 Å². The van der Waals surface area contributed by atoms with Gasteiger partial charge < -0.3 is 4.55 Å². The maximum absolute atomic E-state index is 10.6. The molecule has 0 aliphatic rings. The Morgan fingerprint density at radius 3 is 1.91 bits per heavy atom. The molecule has 5 nitrogen and oxygen atoms in total. The number of carbonyl (C=O) groups excluding carboxylic acids is 1. The van der Waals surface area contributed by atoms with Gasteiger partial charge in [0.1, 0.15) is 16.4 Å². The molecule has 0 saturated carbocycles. The van der Waals surface area contributed by atoms with Crippen molar-refractivity contribution in [3.05, 3.63) is 65.5 Å². The average Bonchev–Trinajstić information content (AvgIpc) is 2.52. The highest BCUT2D eigenvalue weighted by Gasteiger charge is 2.03. The molecule has 1 aromatic carbocycles. The van der Waals surface area contributed by atoms with Crippen molar-refractivity contribution in [1.82, 2.24) is 0 Å². The largest absolute Gasteiger partial charge is 0.748 e. The summed E-state index contributed by atoms with van der Waals surface area (Å²) in [5, 5.41) is 0. The van der Waals surface area contributed by atoms with Crippen LogP contribution >= 0.6 is 0 Å². The van der Waals surface area contributed by atoms with Gasteiger partial charge in [0.15, 0.2) is 18.9 Å². The topological polar surface area (TPSA) is 78.1 Å². The molecule has 1 aromatic heterocycles. The first-order chi connectivity index (χ1) is 10.5. The molecule has 1 heterocycles. The Labute approximate surface area is 129 Å². The molecule has 0 amide bonds. The molecule has 2 aromatic rings. The highest BCUT2D eigenvalue weighted by molar-refractivity contribution is 7.85. The molecule has 0 unspecified atom stereocenters. The Bertz CT molecular complexity index is 763. The lowest BCUT2D eigenvalue weighted by atomic mass is 10.1. The third-order valence-corrected chi connectivity index (χ3v) is 3.74. The Kier molecular flexibility index (Phi) is 5.19. The molecule has 0 aliphatic carbocycles. The average molecular weight is 317 g/mol. The number of rotatable bonds is 6.